The molecule has 0 radical (unpaired) electrons. The van der Waals surface area contributed by atoms with Gasteiger partial charge in [-0.15, -0.1) is 0 Å². The fourth-order valence-corrected chi connectivity index (χ4v) is 2.92. The summed E-state index contributed by atoms with van der Waals surface area (Å²) in [4.78, 5) is 36.6. The number of para-hydroxylation sites is 1. The number of nitrogens with one attached hydrogen (secondary N) is 2. The smallest absolute Gasteiger partial charge is 0.322 e. The average molecular weight is 287 g/mol. The molecule has 0 aliphatic carbocycles. The van der Waals surface area contributed by atoms with Crippen LogP contribution in [0, 0.1) is 0 Å². The number of nitrogens with zero attached hydrogens (tertiary/aromatic N) is 1. The van der Waals surface area contributed by atoms with Crippen molar-refractivity contribution in [2.24, 2.45) is 0 Å². The minimum absolute atomic E-state index is 0.0132. The van der Waals surface area contributed by atoms with Gasteiger partial charge in [-0.3, -0.25) is 14.9 Å². The Balaban J connectivity index is 1.65. The van der Waals surface area contributed by atoms with Gasteiger partial charge in [0.25, 0.3) is 5.91 Å². The molecule has 21 heavy (non-hydrogen) atoms. The van der Waals surface area contributed by atoms with E-state index in [4.69, 9.17) is 0 Å². The number of benzene rings is 1. The van der Waals surface area contributed by atoms with Gasteiger partial charge in [0.2, 0.25) is 5.91 Å². The molecule has 4 amide bonds. The highest BCUT2D eigenvalue weighted by molar-refractivity contribution is 6.04. The van der Waals surface area contributed by atoms with Crippen molar-refractivity contribution in [3.8, 4) is 0 Å². The second-order valence-corrected chi connectivity index (χ2v) is 5.52. The molecule has 2 aliphatic heterocycles. The molecule has 0 aromatic heterocycles. The SMILES string of the molecule is C[C@@H]1CN(C(=O)CC[C@H]2NC(=O)NC2=O)c2ccccc21. The fourth-order valence-electron chi connectivity index (χ4n) is 2.92. The third kappa shape index (κ3) is 2.49. The minimum Gasteiger partial charge on any atom is -0.326 e. The summed E-state index contributed by atoms with van der Waals surface area (Å²) in [5.41, 5.74) is 2.13. The largest absolute Gasteiger partial charge is 0.326 e. The van der Waals surface area contributed by atoms with Crippen molar-refractivity contribution in [1.82, 2.24) is 10.6 Å². The van der Waals surface area contributed by atoms with Crippen LogP contribution in [0.2, 0.25) is 0 Å². The van der Waals surface area contributed by atoms with Crippen LogP contribution in [-0.2, 0) is 9.59 Å². The highest BCUT2D eigenvalue weighted by Gasteiger charge is 2.32. The molecule has 6 nitrogen and oxygen atoms in total. The van der Waals surface area contributed by atoms with Crippen LogP contribution >= 0.6 is 0 Å². The first-order chi connectivity index (χ1) is 10.1. The van der Waals surface area contributed by atoms with Gasteiger partial charge in [-0.1, -0.05) is 25.1 Å². The van der Waals surface area contributed by atoms with Crippen molar-refractivity contribution in [1.29, 1.82) is 0 Å². The molecule has 3 rings (SSSR count). The zero-order valence-corrected chi connectivity index (χ0v) is 11.8. The number of anilines is 1. The Kier molecular flexibility index (Phi) is 3.37. The summed E-state index contributed by atoms with van der Waals surface area (Å²) in [6, 6.07) is 6.79. The van der Waals surface area contributed by atoms with E-state index in [9.17, 15) is 14.4 Å². The van der Waals surface area contributed by atoms with Gasteiger partial charge in [0.05, 0.1) is 0 Å². The van der Waals surface area contributed by atoms with E-state index in [1.807, 2.05) is 24.3 Å². The molecule has 6 heteroatoms. The van der Waals surface area contributed by atoms with E-state index < -0.39 is 12.1 Å². The van der Waals surface area contributed by atoms with E-state index in [1.165, 1.54) is 5.56 Å². The predicted molar refractivity (Wildman–Crippen MR) is 76.9 cm³/mol. The summed E-state index contributed by atoms with van der Waals surface area (Å²) in [6.07, 6.45) is 0.558. The lowest BCUT2D eigenvalue weighted by Crippen LogP contribution is -2.34. The van der Waals surface area contributed by atoms with Crippen LogP contribution in [0.25, 0.3) is 0 Å². The number of hydrogen-bond donors (Lipinski definition) is 2. The molecule has 0 bridgehead atoms. The van der Waals surface area contributed by atoms with E-state index in [0.29, 0.717) is 18.9 Å². The number of fused-ring (bicyclic) bond motifs is 1. The number of carbonyl (C=O) groups excluding carboxylic acids is 3. The summed E-state index contributed by atoms with van der Waals surface area (Å²) in [5, 5.41) is 4.68. The van der Waals surface area contributed by atoms with Gasteiger partial charge in [0, 0.05) is 24.6 Å². The molecule has 0 unspecified atom stereocenters. The molecule has 0 saturated carbocycles. The van der Waals surface area contributed by atoms with Crippen molar-refractivity contribution in [2.75, 3.05) is 11.4 Å². The molecule has 1 aromatic rings. The van der Waals surface area contributed by atoms with Crippen LogP contribution in [0.5, 0.6) is 0 Å². The zero-order chi connectivity index (χ0) is 15.0. The van der Waals surface area contributed by atoms with Crippen molar-refractivity contribution < 1.29 is 14.4 Å². The first-order valence-corrected chi connectivity index (χ1v) is 7.07. The number of imide groups is 1. The first kappa shape index (κ1) is 13.6. The molecular weight excluding hydrogens is 270 g/mol. The van der Waals surface area contributed by atoms with Crippen molar-refractivity contribution in [3.05, 3.63) is 29.8 Å². The second kappa shape index (κ2) is 5.20. The summed E-state index contributed by atoms with van der Waals surface area (Å²) in [5.74, 6) is -0.0524. The minimum atomic E-state index is -0.600. The Morgan fingerprint density at radius 3 is 2.81 bits per heavy atom. The van der Waals surface area contributed by atoms with Crippen LogP contribution in [0.4, 0.5) is 10.5 Å². The molecule has 2 atom stereocenters. The number of carbonyl (C=O) groups is 3. The summed E-state index contributed by atoms with van der Waals surface area (Å²) in [7, 11) is 0. The first-order valence-electron chi connectivity index (χ1n) is 7.07. The van der Waals surface area contributed by atoms with E-state index in [0.717, 1.165) is 5.69 Å². The number of hydrogen-bond acceptors (Lipinski definition) is 3. The monoisotopic (exact) mass is 287 g/mol. The summed E-state index contributed by atoms with van der Waals surface area (Å²) >= 11 is 0. The Labute approximate surface area is 122 Å². The molecule has 110 valence electrons. The molecule has 2 heterocycles. The van der Waals surface area contributed by atoms with Crippen molar-refractivity contribution in [3.63, 3.8) is 0 Å². The molecular formula is C15H17N3O3. The highest BCUT2D eigenvalue weighted by Crippen LogP contribution is 2.36. The summed E-state index contributed by atoms with van der Waals surface area (Å²) < 4.78 is 0. The maximum Gasteiger partial charge on any atom is 0.322 e. The van der Waals surface area contributed by atoms with Crippen LogP contribution in [-0.4, -0.2) is 30.4 Å². The highest BCUT2D eigenvalue weighted by atomic mass is 16.2. The second-order valence-electron chi connectivity index (χ2n) is 5.52. The van der Waals surface area contributed by atoms with Crippen molar-refractivity contribution >= 4 is 23.5 Å². The van der Waals surface area contributed by atoms with Gasteiger partial charge in [-0.25, -0.2) is 4.79 Å². The standard InChI is InChI=1S/C15H17N3O3/c1-9-8-18(12-5-3-2-4-10(9)12)13(19)7-6-11-14(20)17-15(21)16-11/h2-5,9,11H,6-8H2,1H3,(H2,16,17,20,21)/t9-,11-/m1/s1. The Morgan fingerprint density at radius 2 is 2.10 bits per heavy atom. The van der Waals surface area contributed by atoms with Gasteiger partial charge >= 0.3 is 6.03 Å². The average Bonchev–Trinajstić information content (AvgIpc) is 2.97. The Morgan fingerprint density at radius 1 is 1.33 bits per heavy atom. The molecule has 2 N–H and O–H groups in total. The van der Waals surface area contributed by atoms with Gasteiger partial charge in [0.1, 0.15) is 6.04 Å². The molecule has 2 aliphatic rings. The van der Waals surface area contributed by atoms with Crippen LogP contribution in [0.3, 0.4) is 0 Å². The van der Waals surface area contributed by atoms with E-state index in [2.05, 4.69) is 17.6 Å². The molecule has 1 aromatic carbocycles. The van der Waals surface area contributed by atoms with E-state index in [1.54, 1.807) is 4.90 Å². The van der Waals surface area contributed by atoms with E-state index in [-0.39, 0.29) is 18.2 Å². The lowest BCUT2D eigenvalue weighted by Gasteiger charge is -2.18. The Bertz CT molecular complexity index is 614. The number of amides is 4. The topological polar surface area (TPSA) is 78.5 Å². The quantitative estimate of drug-likeness (QED) is 0.818. The third-order valence-electron chi connectivity index (χ3n) is 4.02. The van der Waals surface area contributed by atoms with E-state index >= 15 is 0 Å². The molecule has 1 fully saturated rings. The van der Waals surface area contributed by atoms with Gasteiger partial charge < -0.3 is 10.2 Å². The van der Waals surface area contributed by atoms with Gasteiger partial charge in [0.15, 0.2) is 0 Å². The normalized spacial score (nSPS) is 23.8. The number of urea groups is 1. The van der Waals surface area contributed by atoms with Gasteiger partial charge in [-0.2, -0.15) is 0 Å². The maximum atomic E-state index is 12.4. The lowest BCUT2D eigenvalue weighted by atomic mass is 10.0. The predicted octanol–water partition coefficient (Wildman–Crippen LogP) is 1.12. The van der Waals surface area contributed by atoms with Crippen LogP contribution in [0.15, 0.2) is 24.3 Å². The van der Waals surface area contributed by atoms with Gasteiger partial charge in [-0.05, 0) is 18.1 Å². The summed E-state index contributed by atoms with van der Waals surface area (Å²) in [6.45, 7) is 2.76. The molecule has 0 spiro atoms. The van der Waals surface area contributed by atoms with Crippen LogP contribution in [0.1, 0.15) is 31.2 Å². The lowest BCUT2D eigenvalue weighted by molar-refractivity contribution is -0.121. The molecule has 1 saturated heterocycles. The third-order valence-corrected chi connectivity index (χ3v) is 4.02. The zero-order valence-electron chi connectivity index (χ0n) is 11.8. The fraction of sp³-hybridized carbons (Fsp3) is 0.400. The number of rotatable bonds is 3. The van der Waals surface area contributed by atoms with Crippen molar-refractivity contribution in [2.45, 2.75) is 31.7 Å². The maximum absolute atomic E-state index is 12.4. The van der Waals surface area contributed by atoms with Crippen LogP contribution < -0.4 is 15.5 Å². The Hall–Kier alpha value is -2.37.